The van der Waals surface area contributed by atoms with Crippen LogP contribution in [0.15, 0.2) is 24.3 Å². The van der Waals surface area contributed by atoms with E-state index in [1.54, 1.807) is 18.2 Å². The minimum Gasteiger partial charge on any atom is -0.491 e. The van der Waals surface area contributed by atoms with Crippen LogP contribution < -0.4 is 4.74 Å². The predicted octanol–water partition coefficient (Wildman–Crippen LogP) is 2.21. The van der Waals surface area contributed by atoms with Crippen molar-refractivity contribution in [2.45, 2.75) is 32.2 Å². The van der Waals surface area contributed by atoms with Gasteiger partial charge in [0.25, 0.3) is 0 Å². The van der Waals surface area contributed by atoms with Crippen molar-refractivity contribution in [3.63, 3.8) is 0 Å². The lowest BCUT2D eigenvalue weighted by molar-refractivity contribution is -0.144. The van der Waals surface area contributed by atoms with E-state index >= 15 is 0 Å². The number of ether oxygens (including phenoxy) is 1. The second kappa shape index (κ2) is 7.22. The Labute approximate surface area is 124 Å². The fourth-order valence-corrected chi connectivity index (χ4v) is 2.69. The Morgan fingerprint density at radius 1 is 1.33 bits per heavy atom. The van der Waals surface area contributed by atoms with Crippen molar-refractivity contribution in [2.75, 3.05) is 19.7 Å². The number of nitrogens with zero attached hydrogens (tertiary/aromatic N) is 1. The molecule has 0 aliphatic carbocycles. The summed E-state index contributed by atoms with van der Waals surface area (Å²) in [4.78, 5) is 24.7. The summed E-state index contributed by atoms with van der Waals surface area (Å²) in [6, 6.07) is 6.71. The highest BCUT2D eigenvalue weighted by Gasteiger charge is 2.27. The molecule has 5 nitrogen and oxygen atoms in total. The van der Waals surface area contributed by atoms with Crippen LogP contribution in [0.2, 0.25) is 0 Å². The highest BCUT2D eigenvalue weighted by Crippen LogP contribution is 2.20. The first-order chi connectivity index (χ1) is 10.1. The van der Waals surface area contributed by atoms with Crippen molar-refractivity contribution in [3.05, 3.63) is 29.8 Å². The van der Waals surface area contributed by atoms with Crippen LogP contribution >= 0.6 is 0 Å². The lowest BCUT2D eigenvalue weighted by atomic mass is 10.0. The second-order valence-electron chi connectivity index (χ2n) is 5.29. The van der Waals surface area contributed by atoms with Gasteiger partial charge in [-0.05, 0) is 38.4 Å². The van der Waals surface area contributed by atoms with Gasteiger partial charge < -0.3 is 9.84 Å². The minimum atomic E-state index is -0.765. The molecule has 1 saturated heterocycles. The molecule has 0 spiro atoms. The van der Waals surface area contributed by atoms with Crippen LogP contribution in [-0.2, 0) is 4.79 Å². The number of ketones is 1. The van der Waals surface area contributed by atoms with Gasteiger partial charge in [-0.25, -0.2) is 0 Å². The lowest BCUT2D eigenvalue weighted by Gasteiger charge is -2.32. The van der Waals surface area contributed by atoms with Crippen molar-refractivity contribution in [1.82, 2.24) is 4.90 Å². The average molecular weight is 291 g/mol. The molecule has 0 radical (unpaired) electrons. The molecule has 2 rings (SSSR count). The van der Waals surface area contributed by atoms with Gasteiger partial charge in [-0.15, -0.1) is 0 Å². The molecule has 1 aliphatic rings. The van der Waals surface area contributed by atoms with Crippen LogP contribution in [0, 0.1) is 0 Å². The van der Waals surface area contributed by atoms with Crippen LogP contribution in [-0.4, -0.2) is 47.5 Å². The van der Waals surface area contributed by atoms with Crippen molar-refractivity contribution in [2.24, 2.45) is 0 Å². The first kappa shape index (κ1) is 15.5. The van der Waals surface area contributed by atoms with E-state index in [1.165, 1.54) is 6.92 Å². The van der Waals surface area contributed by atoms with Crippen molar-refractivity contribution in [3.8, 4) is 5.75 Å². The smallest absolute Gasteiger partial charge is 0.320 e. The Hall–Kier alpha value is -1.88. The number of carboxylic acids is 1. The van der Waals surface area contributed by atoms with Gasteiger partial charge in [-0.2, -0.15) is 0 Å². The molecule has 1 fully saturated rings. The maximum absolute atomic E-state index is 11.5. The zero-order chi connectivity index (χ0) is 15.2. The zero-order valence-electron chi connectivity index (χ0n) is 12.2. The number of rotatable bonds is 6. The Morgan fingerprint density at radius 3 is 2.81 bits per heavy atom. The number of likely N-dealkylation sites (tertiary alicyclic amines) is 1. The first-order valence-corrected chi connectivity index (χ1v) is 7.29. The van der Waals surface area contributed by atoms with Crippen molar-refractivity contribution < 1.29 is 19.4 Å². The summed E-state index contributed by atoms with van der Waals surface area (Å²) in [5.41, 5.74) is 0.561. The lowest BCUT2D eigenvalue weighted by Crippen LogP contribution is -2.46. The van der Waals surface area contributed by atoms with Gasteiger partial charge in [0, 0.05) is 6.54 Å². The van der Waals surface area contributed by atoms with E-state index in [2.05, 4.69) is 0 Å². The number of para-hydroxylation sites is 1. The predicted molar refractivity (Wildman–Crippen MR) is 78.8 cm³/mol. The van der Waals surface area contributed by atoms with Crippen LogP contribution in [0.1, 0.15) is 36.5 Å². The molecular formula is C16H21NO4. The summed E-state index contributed by atoms with van der Waals surface area (Å²) in [5, 5.41) is 9.21. The summed E-state index contributed by atoms with van der Waals surface area (Å²) in [5.74, 6) is -0.236. The molecule has 1 N–H and O–H groups in total. The number of hydrogen-bond acceptors (Lipinski definition) is 4. The summed E-state index contributed by atoms with van der Waals surface area (Å²) in [6.07, 6.45) is 2.68. The molecule has 1 unspecified atom stereocenters. The van der Waals surface area contributed by atoms with Crippen molar-refractivity contribution in [1.29, 1.82) is 0 Å². The largest absolute Gasteiger partial charge is 0.491 e. The molecule has 1 atom stereocenters. The number of carbonyl (C=O) groups is 2. The topological polar surface area (TPSA) is 66.8 Å². The second-order valence-corrected chi connectivity index (χ2v) is 5.29. The van der Waals surface area contributed by atoms with Gasteiger partial charge in [-0.3, -0.25) is 14.5 Å². The van der Waals surface area contributed by atoms with Gasteiger partial charge in [-0.1, -0.05) is 18.6 Å². The Bertz CT molecular complexity index is 515. The van der Waals surface area contributed by atoms with E-state index in [-0.39, 0.29) is 5.78 Å². The summed E-state index contributed by atoms with van der Waals surface area (Å²) >= 11 is 0. The monoisotopic (exact) mass is 291 g/mol. The molecular weight excluding hydrogens is 270 g/mol. The van der Waals surface area contributed by atoms with Gasteiger partial charge in [0.2, 0.25) is 0 Å². The number of piperidine rings is 1. The molecule has 1 aromatic carbocycles. The molecule has 0 aromatic heterocycles. The summed E-state index contributed by atoms with van der Waals surface area (Å²) in [7, 11) is 0. The number of aliphatic carboxylic acids is 1. The quantitative estimate of drug-likeness (QED) is 0.814. The SMILES string of the molecule is CC(=O)c1ccccc1OCCN1CCCCC1C(=O)O. The molecule has 1 heterocycles. The minimum absolute atomic E-state index is 0.0352. The number of benzene rings is 1. The van der Waals surface area contributed by atoms with E-state index in [0.29, 0.717) is 30.9 Å². The van der Waals surface area contributed by atoms with Crippen molar-refractivity contribution >= 4 is 11.8 Å². The molecule has 0 saturated carbocycles. The highest BCUT2D eigenvalue weighted by molar-refractivity contribution is 5.96. The van der Waals surface area contributed by atoms with Gasteiger partial charge in [0.05, 0.1) is 5.56 Å². The third-order valence-electron chi connectivity index (χ3n) is 3.80. The normalized spacial score (nSPS) is 19.2. The molecule has 0 amide bonds. The molecule has 21 heavy (non-hydrogen) atoms. The fraction of sp³-hybridized carbons (Fsp3) is 0.500. The maximum Gasteiger partial charge on any atom is 0.320 e. The van der Waals surface area contributed by atoms with Crippen LogP contribution in [0.5, 0.6) is 5.75 Å². The molecule has 0 bridgehead atoms. The third kappa shape index (κ3) is 4.04. The standard InChI is InChI=1S/C16H21NO4/c1-12(18)13-6-2-3-8-15(13)21-11-10-17-9-5-4-7-14(17)16(19)20/h2-3,6,8,14H,4-5,7,9-11H2,1H3,(H,19,20). The van der Waals surface area contributed by atoms with Crippen LogP contribution in [0.25, 0.3) is 0 Å². The molecule has 5 heteroatoms. The Morgan fingerprint density at radius 2 is 2.10 bits per heavy atom. The summed E-state index contributed by atoms with van der Waals surface area (Å²) < 4.78 is 5.67. The van der Waals surface area contributed by atoms with Gasteiger partial charge in [0.1, 0.15) is 18.4 Å². The molecule has 1 aromatic rings. The Kier molecular flexibility index (Phi) is 5.33. The average Bonchev–Trinajstić information content (AvgIpc) is 2.48. The van der Waals surface area contributed by atoms with E-state index in [9.17, 15) is 14.7 Å². The first-order valence-electron chi connectivity index (χ1n) is 7.29. The van der Waals surface area contributed by atoms with Crippen LogP contribution in [0.3, 0.4) is 0 Å². The number of hydrogen-bond donors (Lipinski definition) is 1. The Balaban J connectivity index is 1.92. The van der Waals surface area contributed by atoms with Gasteiger partial charge in [0.15, 0.2) is 5.78 Å². The van der Waals surface area contributed by atoms with E-state index < -0.39 is 12.0 Å². The third-order valence-corrected chi connectivity index (χ3v) is 3.80. The van der Waals surface area contributed by atoms with Gasteiger partial charge >= 0.3 is 5.97 Å². The maximum atomic E-state index is 11.5. The molecule has 1 aliphatic heterocycles. The highest BCUT2D eigenvalue weighted by atomic mass is 16.5. The van der Waals surface area contributed by atoms with Crippen LogP contribution in [0.4, 0.5) is 0 Å². The fourth-order valence-electron chi connectivity index (χ4n) is 2.69. The van der Waals surface area contributed by atoms with E-state index in [1.807, 2.05) is 11.0 Å². The number of carbonyl (C=O) groups excluding carboxylic acids is 1. The van der Waals surface area contributed by atoms with E-state index in [4.69, 9.17) is 4.74 Å². The zero-order valence-corrected chi connectivity index (χ0v) is 12.2. The number of Topliss-reactive ketones (excluding diaryl/α,β-unsaturated/α-hetero) is 1. The number of carboxylic acid groups (broad SMARTS) is 1. The summed E-state index contributed by atoms with van der Waals surface area (Å²) in [6.45, 7) is 3.24. The van der Waals surface area contributed by atoms with E-state index in [0.717, 1.165) is 19.4 Å². The molecule has 114 valence electrons.